The molecule has 0 fully saturated rings. The standard InChI is InChI=1S/C15H14FNO2S/c1-3-19-15(18)13-10(2)8-9-20-14(13)17-12-6-4-11(16)5-7-12/h4-7,9,17H,3H2,1-2H3. The Hall–Kier alpha value is -1.97. The number of nitrogens with one attached hydrogen (secondary N) is 1. The summed E-state index contributed by atoms with van der Waals surface area (Å²) in [6.45, 7) is 3.87. The van der Waals surface area contributed by atoms with Crippen LogP contribution >= 0.6 is 11.8 Å². The van der Waals surface area contributed by atoms with Crippen molar-refractivity contribution in [1.82, 2.24) is 0 Å². The number of rotatable bonds is 4. The van der Waals surface area contributed by atoms with Crippen molar-refractivity contribution >= 4 is 23.4 Å². The fourth-order valence-electron chi connectivity index (χ4n) is 1.68. The Kier molecular flexibility index (Phi) is 4.66. The van der Waals surface area contributed by atoms with E-state index in [0.29, 0.717) is 28.5 Å². The van der Waals surface area contributed by atoms with Crippen LogP contribution in [0.2, 0.25) is 0 Å². The molecule has 1 aliphatic rings. The van der Waals surface area contributed by atoms with Gasteiger partial charge in [0.15, 0.2) is 0 Å². The van der Waals surface area contributed by atoms with E-state index in [1.54, 1.807) is 31.4 Å². The second-order valence-corrected chi connectivity index (χ2v) is 4.94. The predicted molar refractivity (Wildman–Crippen MR) is 78.5 cm³/mol. The SMILES string of the molecule is CCOC(=O)C1=C(Nc2ccc(F)cc2)SC=C=C1C. The number of anilines is 1. The molecule has 1 heterocycles. The molecule has 0 radical (unpaired) electrons. The molecule has 0 amide bonds. The minimum atomic E-state index is -0.386. The Bertz CT molecular complexity index is 613. The van der Waals surface area contributed by atoms with Crippen LogP contribution in [0.5, 0.6) is 0 Å². The van der Waals surface area contributed by atoms with Crippen molar-refractivity contribution in [3.8, 4) is 0 Å². The van der Waals surface area contributed by atoms with Crippen LogP contribution < -0.4 is 5.32 Å². The normalized spacial score (nSPS) is 14.1. The van der Waals surface area contributed by atoms with Crippen molar-refractivity contribution in [3.05, 3.63) is 57.4 Å². The molecule has 0 aliphatic carbocycles. The predicted octanol–water partition coefficient (Wildman–Crippen LogP) is 3.82. The summed E-state index contributed by atoms with van der Waals surface area (Å²) < 4.78 is 17.9. The highest BCUT2D eigenvalue weighted by atomic mass is 32.2. The average molecular weight is 291 g/mol. The van der Waals surface area contributed by atoms with Gasteiger partial charge >= 0.3 is 5.97 Å². The van der Waals surface area contributed by atoms with Gasteiger partial charge in [-0.05, 0) is 38.1 Å². The van der Waals surface area contributed by atoms with Gasteiger partial charge in [-0.15, -0.1) is 5.73 Å². The maximum Gasteiger partial charge on any atom is 0.341 e. The third-order valence-electron chi connectivity index (χ3n) is 2.64. The summed E-state index contributed by atoms with van der Waals surface area (Å²) in [5.41, 5.74) is 4.88. The number of halogens is 1. The van der Waals surface area contributed by atoms with E-state index in [9.17, 15) is 9.18 Å². The van der Waals surface area contributed by atoms with Gasteiger partial charge in [0.25, 0.3) is 0 Å². The molecule has 0 unspecified atom stereocenters. The van der Waals surface area contributed by atoms with Gasteiger partial charge in [-0.25, -0.2) is 9.18 Å². The van der Waals surface area contributed by atoms with Gasteiger partial charge in [-0.3, -0.25) is 0 Å². The van der Waals surface area contributed by atoms with Crippen LogP contribution in [0, 0.1) is 5.82 Å². The van der Waals surface area contributed by atoms with E-state index in [0.717, 1.165) is 0 Å². The first-order valence-electron chi connectivity index (χ1n) is 6.14. The summed E-state index contributed by atoms with van der Waals surface area (Å²) in [6, 6.07) is 5.95. The van der Waals surface area contributed by atoms with E-state index in [4.69, 9.17) is 4.74 Å². The Labute approximate surface area is 121 Å². The van der Waals surface area contributed by atoms with E-state index in [2.05, 4.69) is 11.0 Å². The van der Waals surface area contributed by atoms with Crippen LogP contribution in [0.4, 0.5) is 10.1 Å². The molecule has 1 aromatic carbocycles. The van der Waals surface area contributed by atoms with Crippen molar-refractivity contribution in [2.24, 2.45) is 0 Å². The van der Waals surface area contributed by atoms with Gasteiger partial charge < -0.3 is 10.1 Å². The van der Waals surface area contributed by atoms with E-state index >= 15 is 0 Å². The van der Waals surface area contributed by atoms with E-state index in [1.165, 1.54) is 23.9 Å². The summed E-state index contributed by atoms with van der Waals surface area (Å²) in [5.74, 6) is -0.690. The number of hydrogen-bond donors (Lipinski definition) is 1. The lowest BCUT2D eigenvalue weighted by Crippen LogP contribution is -2.14. The first kappa shape index (κ1) is 14.4. The number of hydrogen-bond acceptors (Lipinski definition) is 4. The molecule has 0 saturated carbocycles. The minimum Gasteiger partial charge on any atom is -0.462 e. The molecular formula is C15H14FNO2S. The van der Waals surface area contributed by atoms with Crippen LogP contribution in [0.15, 0.2) is 51.6 Å². The lowest BCUT2D eigenvalue weighted by Gasteiger charge is -2.16. The largest absolute Gasteiger partial charge is 0.462 e. The highest BCUT2D eigenvalue weighted by Crippen LogP contribution is 2.31. The number of benzene rings is 1. The van der Waals surface area contributed by atoms with Gasteiger partial charge in [0.05, 0.1) is 11.6 Å². The Morgan fingerprint density at radius 1 is 1.40 bits per heavy atom. The molecule has 5 heteroatoms. The number of carbonyl (C=O) groups is 1. The smallest absolute Gasteiger partial charge is 0.341 e. The topological polar surface area (TPSA) is 38.3 Å². The minimum absolute atomic E-state index is 0.303. The molecule has 0 bridgehead atoms. The average Bonchev–Trinajstić information content (AvgIpc) is 2.42. The summed E-state index contributed by atoms with van der Waals surface area (Å²) >= 11 is 1.35. The summed E-state index contributed by atoms with van der Waals surface area (Å²) in [6.07, 6.45) is 0. The summed E-state index contributed by atoms with van der Waals surface area (Å²) in [7, 11) is 0. The van der Waals surface area contributed by atoms with Crippen molar-refractivity contribution in [2.75, 3.05) is 11.9 Å². The zero-order valence-electron chi connectivity index (χ0n) is 11.2. The number of thioether (sulfide) groups is 1. The molecule has 3 nitrogen and oxygen atoms in total. The lowest BCUT2D eigenvalue weighted by atomic mass is 10.1. The maximum atomic E-state index is 12.9. The summed E-state index contributed by atoms with van der Waals surface area (Å²) in [4.78, 5) is 12.0. The van der Waals surface area contributed by atoms with Crippen LogP contribution in [0.1, 0.15) is 13.8 Å². The third kappa shape index (κ3) is 3.32. The summed E-state index contributed by atoms with van der Waals surface area (Å²) in [5, 5.41) is 5.54. The van der Waals surface area contributed by atoms with Crippen molar-refractivity contribution < 1.29 is 13.9 Å². The fraction of sp³-hybridized carbons (Fsp3) is 0.200. The molecule has 0 saturated heterocycles. The zero-order valence-corrected chi connectivity index (χ0v) is 12.0. The number of carbonyl (C=O) groups excluding carboxylic acids is 1. The van der Waals surface area contributed by atoms with Crippen molar-refractivity contribution in [2.45, 2.75) is 13.8 Å². The van der Waals surface area contributed by atoms with Gasteiger partial charge in [0.2, 0.25) is 0 Å². The molecule has 0 aromatic heterocycles. The van der Waals surface area contributed by atoms with Crippen LogP contribution in [0.3, 0.4) is 0 Å². The Morgan fingerprint density at radius 2 is 2.10 bits per heavy atom. The van der Waals surface area contributed by atoms with Gasteiger partial charge in [-0.2, -0.15) is 0 Å². The molecule has 20 heavy (non-hydrogen) atoms. The molecular weight excluding hydrogens is 277 g/mol. The molecule has 2 rings (SSSR count). The molecule has 1 N–H and O–H groups in total. The molecule has 1 aromatic rings. The zero-order chi connectivity index (χ0) is 14.5. The second kappa shape index (κ2) is 6.46. The molecule has 1 aliphatic heterocycles. The van der Waals surface area contributed by atoms with Gasteiger partial charge in [0.1, 0.15) is 11.4 Å². The van der Waals surface area contributed by atoms with Crippen LogP contribution in [0.25, 0.3) is 0 Å². The second-order valence-electron chi connectivity index (χ2n) is 4.06. The monoisotopic (exact) mass is 291 g/mol. The van der Waals surface area contributed by atoms with Crippen LogP contribution in [-0.4, -0.2) is 12.6 Å². The van der Waals surface area contributed by atoms with Gasteiger partial charge in [0, 0.05) is 16.7 Å². The lowest BCUT2D eigenvalue weighted by molar-refractivity contribution is -0.138. The van der Waals surface area contributed by atoms with Gasteiger partial charge in [-0.1, -0.05) is 11.8 Å². The van der Waals surface area contributed by atoms with Crippen LogP contribution in [-0.2, 0) is 9.53 Å². The van der Waals surface area contributed by atoms with E-state index < -0.39 is 0 Å². The Morgan fingerprint density at radius 3 is 2.75 bits per heavy atom. The first-order chi connectivity index (χ1) is 9.61. The third-order valence-corrected chi connectivity index (χ3v) is 3.41. The number of ether oxygens (including phenoxy) is 1. The quantitative estimate of drug-likeness (QED) is 0.676. The highest BCUT2D eigenvalue weighted by molar-refractivity contribution is 8.06. The molecule has 0 atom stereocenters. The molecule has 0 spiro atoms. The van der Waals surface area contributed by atoms with Crippen molar-refractivity contribution in [3.63, 3.8) is 0 Å². The maximum absolute atomic E-state index is 12.9. The van der Waals surface area contributed by atoms with Crippen molar-refractivity contribution in [1.29, 1.82) is 0 Å². The fourth-order valence-corrected chi connectivity index (χ4v) is 2.57. The van der Waals surface area contributed by atoms with E-state index in [1.807, 2.05) is 0 Å². The first-order valence-corrected chi connectivity index (χ1v) is 7.02. The number of esters is 1. The molecule has 104 valence electrons. The van der Waals surface area contributed by atoms with E-state index in [-0.39, 0.29) is 11.8 Å². The highest BCUT2D eigenvalue weighted by Gasteiger charge is 2.21. The Balaban J connectivity index is 2.30.